The average Bonchev–Trinajstić information content (AvgIpc) is 2.96. The number of amides is 2. The summed E-state index contributed by atoms with van der Waals surface area (Å²) in [6, 6.07) is 7.81. The summed E-state index contributed by atoms with van der Waals surface area (Å²) >= 11 is 5.90. The smallest absolute Gasteiger partial charge is 0.309 e. The minimum Gasteiger partial charge on any atom is -0.345 e. The van der Waals surface area contributed by atoms with Crippen LogP contribution in [0.15, 0.2) is 30.5 Å². The van der Waals surface area contributed by atoms with Crippen LogP contribution < -0.4 is 10.6 Å². The summed E-state index contributed by atoms with van der Waals surface area (Å²) in [6.45, 7) is 5.03. The molecular formula is C19H23ClN4O2. The van der Waals surface area contributed by atoms with Gasteiger partial charge in [-0.25, -0.2) is 0 Å². The number of aryl methyl sites for hydroxylation is 1. The van der Waals surface area contributed by atoms with Gasteiger partial charge in [-0.1, -0.05) is 23.7 Å². The minimum atomic E-state index is -0.608. The van der Waals surface area contributed by atoms with Gasteiger partial charge in [-0.3, -0.25) is 14.3 Å². The molecule has 138 valence electrons. The lowest BCUT2D eigenvalue weighted by Crippen LogP contribution is -2.48. The first-order valence-corrected chi connectivity index (χ1v) is 9.21. The topological polar surface area (TPSA) is 76.0 Å². The molecule has 1 heterocycles. The van der Waals surface area contributed by atoms with Crippen molar-refractivity contribution in [2.24, 2.45) is 0 Å². The molecule has 0 aliphatic heterocycles. The number of halogens is 1. The van der Waals surface area contributed by atoms with Gasteiger partial charge in [0.05, 0.1) is 6.20 Å². The van der Waals surface area contributed by atoms with Crippen LogP contribution in [0.25, 0.3) is 0 Å². The Bertz CT molecular complexity index is 794. The van der Waals surface area contributed by atoms with E-state index in [1.165, 1.54) is 5.56 Å². The molecule has 1 fully saturated rings. The Kier molecular flexibility index (Phi) is 5.61. The normalized spacial score (nSPS) is 18.9. The fourth-order valence-electron chi connectivity index (χ4n) is 3.23. The molecule has 0 saturated heterocycles. The van der Waals surface area contributed by atoms with E-state index in [9.17, 15) is 9.59 Å². The van der Waals surface area contributed by atoms with Crippen LogP contribution in [0, 0.1) is 6.92 Å². The summed E-state index contributed by atoms with van der Waals surface area (Å²) in [5.74, 6) is -0.781. The maximum Gasteiger partial charge on any atom is 0.309 e. The fourth-order valence-corrected chi connectivity index (χ4v) is 3.35. The number of benzene rings is 1. The van der Waals surface area contributed by atoms with E-state index in [-0.39, 0.29) is 6.04 Å². The zero-order valence-corrected chi connectivity index (χ0v) is 15.7. The molecule has 1 aliphatic carbocycles. The second kappa shape index (κ2) is 7.91. The van der Waals surface area contributed by atoms with Gasteiger partial charge in [-0.05, 0) is 50.3 Å². The molecule has 1 aromatic carbocycles. The van der Waals surface area contributed by atoms with Crippen LogP contribution in [0.1, 0.15) is 42.5 Å². The zero-order valence-electron chi connectivity index (χ0n) is 15.0. The first-order valence-electron chi connectivity index (χ1n) is 8.83. The average molecular weight is 375 g/mol. The number of hydrogen-bond donors (Lipinski definition) is 2. The lowest BCUT2D eigenvalue weighted by molar-refractivity contribution is -0.140. The molecule has 2 aromatic rings. The second-order valence-electron chi connectivity index (χ2n) is 6.64. The number of carbonyl (C=O) groups is 2. The monoisotopic (exact) mass is 374 g/mol. The highest BCUT2D eigenvalue weighted by Gasteiger charge is 2.32. The third-order valence-corrected chi connectivity index (χ3v) is 5.22. The van der Waals surface area contributed by atoms with E-state index in [1.54, 1.807) is 6.20 Å². The third-order valence-electron chi connectivity index (χ3n) is 4.96. The van der Waals surface area contributed by atoms with Gasteiger partial charge in [-0.15, -0.1) is 0 Å². The van der Waals surface area contributed by atoms with Crippen LogP contribution in [0.4, 0.5) is 0 Å². The number of aromatic nitrogens is 2. The molecular weight excluding hydrogens is 352 g/mol. The van der Waals surface area contributed by atoms with Crippen molar-refractivity contribution in [2.45, 2.75) is 51.7 Å². The molecule has 1 aromatic heterocycles. The molecule has 3 rings (SSSR count). The lowest BCUT2D eigenvalue weighted by atomic mass is 9.76. The highest BCUT2D eigenvalue weighted by molar-refractivity contribution is 6.35. The van der Waals surface area contributed by atoms with Crippen molar-refractivity contribution >= 4 is 23.4 Å². The van der Waals surface area contributed by atoms with Gasteiger partial charge in [0.25, 0.3) is 0 Å². The van der Waals surface area contributed by atoms with Gasteiger partial charge < -0.3 is 10.6 Å². The van der Waals surface area contributed by atoms with Crippen LogP contribution in [-0.4, -0.2) is 27.6 Å². The number of carbonyl (C=O) groups excluding carboxylic acids is 2. The van der Waals surface area contributed by atoms with Crippen molar-refractivity contribution in [1.29, 1.82) is 0 Å². The first kappa shape index (κ1) is 18.5. The van der Waals surface area contributed by atoms with E-state index in [2.05, 4.69) is 15.7 Å². The zero-order chi connectivity index (χ0) is 18.7. The van der Waals surface area contributed by atoms with E-state index in [4.69, 9.17) is 11.6 Å². The van der Waals surface area contributed by atoms with Crippen LogP contribution in [0.5, 0.6) is 0 Å². The van der Waals surface area contributed by atoms with Gasteiger partial charge >= 0.3 is 11.8 Å². The summed E-state index contributed by atoms with van der Waals surface area (Å²) < 4.78 is 1.85. The van der Waals surface area contributed by atoms with Gasteiger partial charge in [0.15, 0.2) is 0 Å². The predicted octanol–water partition coefficient (Wildman–Crippen LogP) is 2.54. The maximum absolute atomic E-state index is 12.0. The standard InChI is InChI=1S/C19H23ClN4O2/c1-3-24-12(2)15(11-22-24)10-21-18(25)19(26)23-17-8-14(9-17)13-4-6-16(20)7-5-13/h4-7,11,14,17H,3,8-10H2,1-2H3,(H,21,25)(H,23,26). The molecule has 2 N–H and O–H groups in total. The number of nitrogens with one attached hydrogen (secondary N) is 2. The van der Waals surface area contributed by atoms with Crippen LogP contribution in [0.2, 0.25) is 5.02 Å². The lowest BCUT2D eigenvalue weighted by Gasteiger charge is -2.36. The fraction of sp³-hybridized carbons (Fsp3) is 0.421. The van der Waals surface area contributed by atoms with Crippen LogP contribution >= 0.6 is 11.6 Å². The summed E-state index contributed by atoms with van der Waals surface area (Å²) in [5.41, 5.74) is 3.13. The van der Waals surface area contributed by atoms with Crippen molar-refractivity contribution in [3.8, 4) is 0 Å². The van der Waals surface area contributed by atoms with Gasteiger partial charge in [0.2, 0.25) is 0 Å². The first-order chi connectivity index (χ1) is 12.5. The molecule has 2 amide bonds. The Morgan fingerprint density at radius 1 is 1.23 bits per heavy atom. The SMILES string of the molecule is CCn1ncc(CNC(=O)C(=O)NC2CC(c3ccc(Cl)cc3)C2)c1C. The van der Waals surface area contributed by atoms with Crippen molar-refractivity contribution in [3.05, 3.63) is 52.3 Å². The van der Waals surface area contributed by atoms with Gasteiger partial charge in [0, 0.05) is 35.4 Å². The molecule has 0 atom stereocenters. The highest BCUT2D eigenvalue weighted by Crippen LogP contribution is 2.37. The molecule has 0 spiro atoms. The molecule has 6 nitrogen and oxygen atoms in total. The predicted molar refractivity (Wildman–Crippen MR) is 99.8 cm³/mol. The van der Waals surface area contributed by atoms with Crippen molar-refractivity contribution in [1.82, 2.24) is 20.4 Å². The van der Waals surface area contributed by atoms with Crippen LogP contribution in [-0.2, 0) is 22.7 Å². The summed E-state index contributed by atoms with van der Waals surface area (Å²) in [4.78, 5) is 24.0. The Morgan fingerprint density at radius 2 is 1.92 bits per heavy atom. The summed E-state index contributed by atoms with van der Waals surface area (Å²) in [6.07, 6.45) is 3.39. The molecule has 0 unspecified atom stereocenters. The molecule has 7 heteroatoms. The van der Waals surface area contributed by atoms with E-state index < -0.39 is 11.8 Å². The molecule has 0 radical (unpaired) electrons. The van der Waals surface area contributed by atoms with Crippen molar-refractivity contribution in [2.75, 3.05) is 0 Å². The Balaban J connectivity index is 1.43. The summed E-state index contributed by atoms with van der Waals surface area (Å²) in [7, 11) is 0. The van der Waals surface area contributed by atoms with E-state index in [0.29, 0.717) is 17.5 Å². The van der Waals surface area contributed by atoms with Crippen LogP contribution in [0.3, 0.4) is 0 Å². The number of hydrogen-bond acceptors (Lipinski definition) is 3. The van der Waals surface area contributed by atoms with Crippen molar-refractivity contribution in [3.63, 3.8) is 0 Å². The number of rotatable bonds is 5. The van der Waals surface area contributed by atoms with E-state index in [0.717, 1.165) is 30.6 Å². The molecule has 1 aliphatic rings. The molecule has 26 heavy (non-hydrogen) atoms. The highest BCUT2D eigenvalue weighted by atomic mass is 35.5. The Hall–Kier alpha value is -2.34. The van der Waals surface area contributed by atoms with E-state index in [1.807, 2.05) is 42.8 Å². The minimum absolute atomic E-state index is 0.0403. The Morgan fingerprint density at radius 3 is 2.54 bits per heavy atom. The summed E-state index contributed by atoms with van der Waals surface area (Å²) in [5, 5.41) is 10.4. The molecule has 0 bridgehead atoms. The quantitative estimate of drug-likeness (QED) is 0.789. The molecule has 1 saturated carbocycles. The maximum atomic E-state index is 12.0. The van der Waals surface area contributed by atoms with Gasteiger partial charge in [-0.2, -0.15) is 5.10 Å². The van der Waals surface area contributed by atoms with E-state index >= 15 is 0 Å². The Labute approximate surface area is 157 Å². The largest absolute Gasteiger partial charge is 0.345 e. The second-order valence-corrected chi connectivity index (χ2v) is 7.08. The number of nitrogens with zero attached hydrogens (tertiary/aromatic N) is 2. The third kappa shape index (κ3) is 4.07. The van der Waals surface area contributed by atoms with Gasteiger partial charge in [0.1, 0.15) is 0 Å². The van der Waals surface area contributed by atoms with Crippen molar-refractivity contribution < 1.29 is 9.59 Å².